The van der Waals surface area contributed by atoms with Crippen molar-refractivity contribution in [3.8, 4) is 16.9 Å². The van der Waals surface area contributed by atoms with Crippen molar-refractivity contribution in [1.82, 2.24) is 9.78 Å². The van der Waals surface area contributed by atoms with Crippen LogP contribution in [-0.2, 0) is 7.05 Å². The van der Waals surface area contributed by atoms with E-state index >= 15 is 0 Å². The third kappa shape index (κ3) is 1.68. The van der Waals surface area contributed by atoms with Crippen LogP contribution < -0.4 is 10.5 Å². The number of nitrogen functional groups attached to an aromatic ring is 1. The zero-order valence-corrected chi connectivity index (χ0v) is 9.67. The summed E-state index contributed by atoms with van der Waals surface area (Å²) in [5.41, 5.74) is 5.01. The van der Waals surface area contributed by atoms with Gasteiger partial charge in [-0.3, -0.25) is 4.68 Å². The minimum Gasteiger partial charge on any atom is -0.494 e. The number of aromatic nitrogens is 2. The molecule has 2 aromatic rings. The van der Waals surface area contributed by atoms with E-state index in [4.69, 9.17) is 5.73 Å². The fourth-order valence-corrected chi connectivity index (χ4v) is 1.61. The Bertz CT molecular complexity index is 610. The molecule has 0 amide bonds. The van der Waals surface area contributed by atoms with Crippen molar-refractivity contribution < 1.29 is 17.9 Å². The molecule has 4 nitrogen and oxygen atoms in total. The highest BCUT2D eigenvalue weighted by molar-refractivity contribution is 5.75. The lowest BCUT2D eigenvalue weighted by Crippen LogP contribution is -2.02. The number of methoxy groups -OCH3 is 1. The molecular weight excluding hydrogens is 247 g/mol. The molecule has 7 heteroatoms. The number of ether oxygens (including phenoxy) is 1. The number of aryl methyl sites for hydroxylation is 1. The van der Waals surface area contributed by atoms with E-state index in [-0.39, 0.29) is 11.4 Å². The molecule has 0 unspecified atom stereocenters. The Labute approximate surface area is 101 Å². The fourth-order valence-electron chi connectivity index (χ4n) is 1.61. The number of hydrogen-bond acceptors (Lipinski definition) is 3. The quantitative estimate of drug-likeness (QED) is 0.838. The number of benzene rings is 1. The van der Waals surface area contributed by atoms with E-state index in [9.17, 15) is 13.2 Å². The van der Waals surface area contributed by atoms with Gasteiger partial charge in [-0.05, 0) is 0 Å². The van der Waals surface area contributed by atoms with Crippen molar-refractivity contribution in [2.75, 3.05) is 12.8 Å². The molecule has 2 N–H and O–H groups in total. The van der Waals surface area contributed by atoms with Crippen molar-refractivity contribution in [1.29, 1.82) is 0 Å². The summed E-state index contributed by atoms with van der Waals surface area (Å²) in [6, 6.07) is 0.640. The summed E-state index contributed by atoms with van der Waals surface area (Å²) in [6.45, 7) is 0. The van der Waals surface area contributed by atoms with E-state index in [0.29, 0.717) is 6.07 Å². The molecule has 0 bridgehead atoms. The highest BCUT2D eigenvalue weighted by Gasteiger charge is 2.23. The average molecular weight is 257 g/mol. The Morgan fingerprint density at radius 2 is 1.94 bits per heavy atom. The van der Waals surface area contributed by atoms with Gasteiger partial charge >= 0.3 is 0 Å². The van der Waals surface area contributed by atoms with E-state index in [0.717, 1.165) is 13.3 Å². The molecule has 0 aliphatic heterocycles. The molecule has 0 atom stereocenters. The normalized spacial score (nSPS) is 10.7. The van der Waals surface area contributed by atoms with Crippen molar-refractivity contribution in [3.05, 3.63) is 29.7 Å². The van der Waals surface area contributed by atoms with Gasteiger partial charge in [-0.25, -0.2) is 13.2 Å². The average Bonchev–Trinajstić information content (AvgIpc) is 2.66. The van der Waals surface area contributed by atoms with Gasteiger partial charge in [0.25, 0.3) is 0 Å². The second kappa shape index (κ2) is 4.25. The van der Waals surface area contributed by atoms with Crippen molar-refractivity contribution in [3.63, 3.8) is 0 Å². The third-order valence-electron chi connectivity index (χ3n) is 2.60. The van der Waals surface area contributed by atoms with Crippen LogP contribution >= 0.6 is 0 Å². The molecule has 0 spiro atoms. The first-order valence-electron chi connectivity index (χ1n) is 4.96. The van der Waals surface area contributed by atoms with Crippen LogP contribution in [0.5, 0.6) is 5.75 Å². The number of hydrogen-bond donors (Lipinski definition) is 1. The van der Waals surface area contributed by atoms with E-state index in [2.05, 4.69) is 9.84 Å². The van der Waals surface area contributed by atoms with Gasteiger partial charge in [0.2, 0.25) is 0 Å². The molecule has 1 aromatic carbocycles. The molecule has 96 valence electrons. The van der Waals surface area contributed by atoms with E-state index in [1.165, 1.54) is 11.7 Å². The highest BCUT2D eigenvalue weighted by Crippen LogP contribution is 2.35. The first kappa shape index (κ1) is 12.3. The predicted octanol–water partition coefficient (Wildman–Crippen LogP) is 2.10. The molecule has 0 saturated carbocycles. The molecule has 0 aliphatic carbocycles. The van der Waals surface area contributed by atoms with Crippen LogP contribution in [-0.4, -0.2) is 16.9 Å². The van der Waals surface area contributed by atoms with Crippen LogP contribution in [0.2, 0.25) is 0 Å². The summed E-state index contributed by atoms with van der Waals surface area (Å²) in [6.07, 6.45) is 1.16. The maximum absolute atomic E-state index is 14.0. The molecule has 0 saturated heterocycles. The molecule has 0 fully saturated rings. The van der Waals surface area contributed by atoms with Crippen LogP contribution in [0, 0.1) is 17.5 Å². The summed E-state index contributed by atoms with van der Waals surface area (Å²) in [5.74, 6) is -3.93. The second-order valence-corrected chi connectivity index (χ2v) is 3.63. The maximum atomic E-state index is 14.0. The minimum atomic E-state index is -1.33. The van der Waals surface area contributed by atoms with E-state index in [1.807, 2.05) is 0 Å². The lowest BCUT2D eigenvalue weighted by Gasteiger charge is -2.09. The van der Waals surface area contributed by atoms with Gasteiger partial charge in [-0.2, -0.15) is 5.10 Å². The number of rotatable bonds is 2. The predicted molar refractivity (Wildman–Crippen MR) is 59.5 cm³/mol. The summed E-state index contributed by atoms with van der Waals surface area (Å²) in [7, 11) is 2.66. The van der Waals surface area contributed by atoms with Gasteiger partial charge in [0.15, 0.2) is 23.2 Å². The van der Waals surface area contributed by atoms with Crippen molar-refractivity contribution in [2.24, 2.45) is 7.05 Å². The first-order chi connectivity index (χ1) is 8.47. The monoisotopic (exact) mass is 257 g/mol. The molecule has 0 radical (unpaired) electrons. The van der Waals surface area contributed by atoms with Crippen LogP contribution in [0.15, 0.2) is 12.3 Å². The van der Waals surface area contributed by atoms with Gasteiger partial charge in [-0.15, -0.1) is 0 Å². The number of anilines is 1. The Morgan fingerprint density at radius 3 is 2.44 bits per heavy atom. The molecule has 18 heavy (non-hydrogen) atoms. The largest absolute Gasteiger partial charge is 0.494 e. The summed E-state index contributed by atoms with van der Waals surface area (Å²) >= 11 is 0. The van der Waals surface area contributed by atoms with Gasteiger partial charge in [0.1, 0.15) is 5.82 Å². The van der Waals surface area contributed by atoms with Gasteiger partial charge in [0, 0.05) is 18.7 Å². The number of nitrogens with zero attached hydrogens (tertiary/aromatic N) is 2. The van der Waals surface area contributed by atoms with Gasteiger partial charge < -0.3 is 10.5 Å². The summed E-state index contributed by atoms with van der Waals surface area (Å²) in [5, 5.41) is 3.75. The Kier molecular flexibility index (Phi) is 2.90. The smallest absolute Gasteiger partial charge is 0.176 e. The minimum absolute atomic E-state index is 0.0229. The zero-order chi connectivity index (χ0) is 13.4. The maximum Gasteiger partial charge on any atom is 0.176 e. The summed E-state index contributed by atoms with van der Waals surface area (Å²) < 4.78 is 46.9. The summed E-state index contributed by atoms with van der Waals surface area (Å²) in [4.78, 5) is 0. The number of halogens is 3. The van der Waals surface area contributed by atoms with E-state index in [1.54, 1.807) is 0 Å². The van der Waals surface area contributed by atoms with Crippen molar-refractivity contribution in [2.45, 2.75) is 0 Å². The Morgan fingerprint density at radius 1 is 1.28 bits per heavy atom. The molecule has 1 heterocycles. The Balaban J connectivity index is 2.78. The first-order valence-corrected chi connectivity index (χ1v) is 4.96. The van der Waals surface area contributed by atoms with Crippen LogP contribution in [0.1, 0.15) is 0 Å². The van der Waals surface area contributed by atoms with Crippen LogP contribution in [0.25, 0.3) is 11.1 Å². The lowest BCUT2D eigenvalue weighted by molar-refractivity contribution is 0.377. The van der Waals surface area contributed by atoms with Gasteiger partial charge in [0.05, 0.1) is 18.9 Å². The fraction of sp³-hybridized carbons (Fsp3) is 0.182. The lowest BCUT2D eigenvalue weighted by atomic mass is 10.1. The van der Waals surface area contributed by atoms with Gasteiger partial charge in [-0.1, -0.05) is 0 Å². The van der Waals surface area contributed by atoms with Crippen LogP contribution in [0.4, 0.5) is 19.0 Å². The number of nitrogens with two attached hydrogens (primary N) is 1. The zero-order valence-electron chi connectivity index (χ0n) is 9.67. The molecule has 0 aliphatic rings. The second-order valence-electron chi connectivity index (χ2n) is 3.63. The molecular formula is C11H10F3N3O. The van der Waals surface area contributed by atoms with E-state index < -0.39 is 28.8 Å². The Hall–Kier alpha value is -2.18. The standard InChI is InChI=1S/C11H10F3N3O/c1-17-11(15)5(4-16-17)8-9(13)6(12)3-7(18-2)10(8)14/h3-4H,15H2,1-2H3. The topological polar surface area (TPSA) is 53.1 Å². The van der Waals surface area contributed by atoms with Crippen LogP contribution in [0.3, 0.4) is 0 Å². The highest BCUT2D eigenvalue weighted by atomic mass is 19.2. The third-order valence-corrected chi connectivity index (χ3v) is 2.60. The molecule has 2 rings (SSSR count). The SMILES string of the molecule is COc1cc(F)c(F)c(-c2cnn(C)c2N)c1F. The molecule has 1 aromatic heterocycles. The van der Waals surface area contributed by atoms with Crippen molar-refractivity contribution >= 4 is 5.82 Å².